The average Bonchev–Trinajstić information content (AvgIpc) is 2.64. The molecule has 2 amide bonds. The van der Waals surface area contributed by atoms with Crippen molar-refractivity contribution in [3.05, 3.63) is 0 Å². The molecule has 0 radical (unpaired) electrons. The number of carbonyl (C=O) groups excluding carboxylic acids is 2. The van der Waals surface area contributed by atoms with E-state index in [0.717, 1.165) is 25.7 Å². The van der Waals surface area contributed by atoms with Gasteiger partial charge in [-0.05, 0) is 30.6 Å². The third kappa shape index (κ3) is 1.43. The summed E-state index contributed by atoms with van der Waals surface area (Å²) in [6.45, 7) is 5.91. The third-order valence-electron chi connectivity index (χ3n) is 4.56. The van der Waals surface area contributed by atoms with E-state index >= 15 is 0 Å². The molecular weight excluding hydrogens is 204 g/mol. The number of amides is 2. The van der Waals surface area contributed by atoms with Crippen molar-refractivity contribution in [2.45, 2.75) is 51.6 Å². The Labute approximate surface area is 96.2 Å². The predicted octanol–water partition coefficient (Wildman–Crippen LogP) is 0.816. The van der Waals surface area contributed by atoms with Gasteiger partial charge in [-0.1, -0.05) is 13.8 Å². The predicted molar refractivity (Wildman–Crippen MR) is 60.7 cm³/mol. The first kappa shape index (κ1) is 11.4. The average molecular weight is 224 g/mol. The van der Waals surface area contributed by atoms with Crippen LogP contribution in [0, 0.1) is 11.3 Å². The van der Waals surface area contributed by atoms with Crippen molar-refractivity contribution in [1.29, 1.82) is 0 Å². The molecule has 2 saturated carbocycles. The van der Waals surface area contributed by atoms with E-state index in [9.17, 15) is 9.59 Å². The number of nitrogens with one attached hydrogen (secondary N) is 2. The molecule has 0 aromatic heterocycles. The van der Waals surface area contributed by atoms with Gasteiger partial charge in [0.25, 0.3) is 0 Å². The maximum Gasteiger partial charge on any atom is 0.217 e. The van der Waals surface area contributed by atoms with Gasteiger partial charge in [-0.25, -0.2) is 0 Å². The second kappa shape index (κ2) is 3.47. The summed E-state index contributed by atoms with van der Waals surface area (Å²) in [6, 6.07) is 0.0557. The van der Waals surface area contributed by atoms with E-state index in [1.54, 1.807) is 6.92 Å². The fraction of sp³-hybridized carbons (Fsp3) is 0.833. The largest absolute Gasteiger partial charge is 0.353 e. The Bertz CT molecular complexity index is 327. The minimum atomic E-state index is -0.207. The molecule has 2 N–H and O–H groups in total. The van der Waals surface area contributed by atoms with Crippen molar-refractivity contribution in [3.8, 4) is 0 Å². The Kier molecular flexibility index (Phi) is 2.48. The summed E-state index contributed by atoms with van der Waals surface area (Å²) < 4.78 is 0. The van der Waals surface area contributed by atoms with Crippen molar-refractivity contribution in [3.63, 3.8) is 0 Å². The van der Waals surface area contributed by atoms with Crippen molar-refractivity contribution in [2.75, 3.05) is 0 Å². The highest BCUT2D eigenvalue weighted by Gasteiger charge is 2.62. The molecule has 0 aromatic carbocycles. The number of carbonyl (C=O) groups is 2. The molecule has 0 heterocycles. The van der Waals surface area contributed by atoms with Crippen molar-refractivity contribution >= 4 is 12.3 Å². The van der Waals surface area contributed by atoms with Gasteiger partial charge in [0.15, 0.2) is 0 Å². The molecule has 0 aromatic rings. The normalized spacial score (nSPS) is 39.4. The van der Waals surface area contributed by atoms with Crippen LogP contribution in [0.1, 0.15) is 40.0 Å². The summed E-state index contributed by atoms with van der Waals surface area (Å²) in [7, 11) is 0. The van der Waals surface area contributed by atoms with Crippen molar-refractivity contribution < 1.29 is 9.59 Å². The van der Waals surface area contributed by atoms with E-state index in [4.69, 9.17) is 0 Å². The molecule has 2 aliphatic carbocycles. The quantitative estimate of drug-likeness (QED) is 0.697. The highest BCUT2D eigenvalue weighted by Crippen LogP contribution is 2.57. The van der Waals surface area contributed by atoms with Crippen LogP contribution in [0.2, 0.25) is 0 Å². The Hall–Kier alpha value is -1.06. The molecule has 90 valence electrons. The standard InChI is InChI=1S/C12H20N2O2/c1-8(16)14-12-5-4-9(6-12)11(2,3)10(12)13-7-15/h7,9-10H,4-6H2,1-3H3,(H,13,15)(H,14,16)/t9-,10-,12-/m1/s1. The summed E-state index contributed by atoms with van der Waals surface area (Å²) in [6.07, 6.45) is 3.87. The third-order valence-corrected chi connectivity index (χ3v) is 4.56. The summed E-state index contributed by atoms with van der Waals surface area (Å²) in [4.78, 5) is 22.0. The van der Waals surface area contributed by atoms with Crippen molar-refractivity contribution in [1.82, 2.24) is 10.6 Å². The minimum Gasteiger partial charge on any atom is -0.353 e. The summed E-state index contributed by atoms with van der Waals surface area (Å²) in [5.74, 6) is 0.591. The molecule has 0 unspecified atom stereocenters. The SMILES string of the molecule is CC(=O)N[C@]12CC[C@H](C1)C(C)(C)[C@H]2NC=O. The van der Waals surface area contributed by atoms with Crippen LogP contribution in [-0.4, -0.2) is 23.9 Å². The van der Waals surface area contributed by atoms with Crippen LogP contribution < -0.4 is 10.6 Å². The van der Waals surface area contributed by atoms with E-state index < -0.39 is 0 Å². The minimum absolute atomic E-state index is 0.00366. The van der Waals surface area contributed by atoms with Crippen LogP contribution in [-0.2, 0) is 9.59 Å². The molecular formula is C12H20N2O2. The van der Waals surface area contributed by atoms with Gasteiger partial charge in [-0.15, -0.1) is 0 Å². The first-order valence-corrected chi connectivity index (χ1v) is 5.91. The van der Waals surface area contributed by atoms with E-state index in [1.807, 2.05) is 0 Å². The van der Waals surface area contributed by atoms with Gasteiger partial charge in [0, 0.05) is 6.92 Å². The molecule has 0 spiro atoms. The fourth-order valence-corrected chi connectivity index (χ4v) is 3.90. The highest BCUT2D eigenvalue weighted by atomic mass is 16.1. The van der Waals surface area contributed by atoms with Crippen LogP contribution >= 0.6 is 0 Å². The van der Waals surface area contributed by atoms with E-state index in [2.05, 4.69) is 24.5 Å². The molecule has 4 heteroatoms. The first-order valence-electron chi connectivity index (χ1n) is 5.91. The van der Waals surface area contributed by atoms with Crippen molar-refractivity contribution in [2.24, 2.45) is 11.3 Å². The lowest BCUT2D eigenvalue weighted by Crippen LogP contribution is -2.62. The Morgan fingerprint density at radius 1 is 1.44 bits per heavy atom. The molecule has 2 rings (SSSR count). The monoisotopic (exact) mass is 224 g/mol. The zero-order valence-corrected chi connectivity index (χ0v) is 10.2. The lowest BCUT2D eigenvalue weighted by atomic mass is 9.71. The molecule has 3 atom stereocenters. The van der Waals surface area contributed by atoms with E-state index in [-0.39, 0.29) is 22.9 Å². The molecule has 4 nitrogen and oxygen atoms in total. The molecule has 0 aliphatic heterocycles. The van der Waals surface area contributed by atoms with Gasteiger partial charge in [-0.2, -0.15) is 0 Å². The highest BCUT2D eigenvalue weighted by molar-refractivity contribution is 5.74. The maximum absolute atomic E-state index is 11.3. The Morgan fingerprint density at radius 2 is 2.12 bits per heavy atom. The summed E-state index contributed by atoms with van der Waals surface area (Å²) >= 11 is 0. The molecule has 2 bridgehead atoms. The first-order chi connectivity index (χ1) is 7.42. The van der Waals surface area contributed by atoms with E-state index in [0.29, 0.717) is 5.92 Å². The van der Waals surface area contributed by atoms with Gasteiger partial charge in [-0.3, -0.25) is 9.59 Å². The lowest BCUT2D eigenvalue weighted by Gasteiger charge is -2.44. The number of rotatable bonds is 3. The number of hydrogen-bond acceptors (Lipinski definition) is 2. The molecule has 0 saturated heterocycles. The fourth-order valence-electron chi connectivity index (χ4n) is 3.90. The lowest BCUT2D eigenvalue weighted by molar-refractivity contribution is -0.122. The zero-order valence-electron chi connectivity index (χ0n) is 10.2. The van der Waals surface area contributed by atoms with E-state index in [1.165, 1.54) is 0 Å². The van der Waals surface area contributed by atoms with Gasteiger partial charge >= 0.3 is 0 Å². The Balaban J connectivity index is 2.29. The summed E-state index contributed by atoms with van der Waals surface area (Å²) in [5.41, 5.74) is -0.136. The van der Waals surface area contributed by atoms with Crippen LogP contribution in [0.25, 0.3) is 0 Å². The van der Waals surface area contributed by atoms with Gasteiger partial charge in [0.2, 0.25) is 12.3 Å². The number of fused-ring (bicyclic) bond motifs is 2. The van der Waals surface area contributed by atoms with Gasteiger partial charge < -0.3 is 10.6 Å². The summed E-state index contributed by atoms with van der Waals surface area (Å²) in [5, 5.41) is 5.99. The van der Waals surface area contributed by atoms with Gasteiger partial charge in [0.1, 0.15) is 0 Å². The topological polar surface area (TPSA) is 58.2 Å². The van der Waals surface area contributed by atoms with Crippen LogP contribution in [0.3, 0.4) is 0 Å². The van der Waals surface area contributed by atoms with Crippen LogP contribution in [0.15, 0.2) is 0 Å². The zero-order chi connectivity index (χ0) is 12.0. The Morgan fingerprint density at radius 3 is 2.69 bits per heavy atom. The smallest absolute Gasteiger partial charge is 0.217 e. The molecule has 2 aliphatic rings. The molecule has 2 fully saturated rings. The second-order valence-electron chi connectivity index (χ2n) is 5.82. The second-order valence-corrected chi connectivity index (χ2v) is 5.82. The van der Waals surface area contributed by atoms with Gasteiger partial charge in [0.05, 0.1) is 11.6 Å². The molecule has 16 heavy (non-hydrogen) atoms. The van der Waals surface area contributed by atoms with Crippen LogP contribution in [0.5, 0.6) is 0 Å². The van der Waals surface area contributed by atoms with Crippen LogP contribution in [0.4, 0.5) is 0 Å². The number of hydrogen-bond donors (Lipinski definition) is 2. The maximum atomic E-state index is 11.3.